The lowest BCUT2D eigenvalue weighted by atomic mass is 9.95. The highest BCUT2D eigenvalue weighted by Gasteiger charge is 2.19. The minimum atomic E-state index is -0.751. The maximum atomic E-state index is 13.0. The van der Waals surface area contributed by atoms with Crippen LogP contribution < -0.4 is 5.32 Å². The molecule has 1 aliphatic rings. The Balaban J connectivity index is 1.65. The van der Waals surface area contributed by atoms with Crippen LogP contribution in [0, 0.1) is 5.82 Å². The van der Waals surface area contributed by atoms with Crippen molar-refractivity contribution < 1.29 is 14.3 Å². The van der Waals surface area contributed by atoms with Gasteiger partial charge < -0.3 is 15.0 Å². The molecule has 0 atom stereocenters. The number of nitrogens with one attached hydrogen (secondary N) is 1. The monoisotopic (exact) mass is 318 g/mol. The first-order valence-electron chi connectivity index (χ1n) is 7.80. The lowest BCUT2D eigenvalue weighted by molar-refractivity contribution is 0.0948. The number of rotatable bonds is 4. The van der Waals surface area contributed by atoms with E-state index in [1.807, 2.05) is 4.57 Å². The Hall–Kier alpha value is -2.44. The van der Waals surface area contributed by atoms with Crippen LogP contribution in [0.3, 0.4) is 0 Å². The molecule has 0 unspecified atom stereocenters. The van der Waals surface area contributed by atoms with E-state index < -0.39 is 17.5 Å². The fourth-order valence-electron chi connectivity index (χ4n) is 2.97. The van der Waals surface area contributed by atoms with Gasteiger partial charge in [-0.05, 0) is 31.0 Å². The zero-order valence-electron chi connectivity index (χ0n) is 12.7. The zero-order chi connectivity index (χ0) is 16.2. The molecule has 0 spiro atoms. The fraction of sp³-hybridized carbons (Fsp3) is 0.438. The Morgan fingerprint density at radius 1 is 1.35 bits per heavy atom. The Labute approximate surface area is 133 Å². The van der Waals surface area contributed by atoms with Crippen molar-refractivity contribution in [1.29, 1.82) is 0 Å². The molecule has 1 aromatic carbocycles. The van der Waals surface area contributed by atoms with Gasteiger partial charge in [0, 0.05) is 11.6 Å². The molecule has 1 aromatic heterocycles. The predicted molar refractivity (Wildman–Crippen MR) is 81.4 cm³/mol. The summed E-state index contributed by atoms with van der Waals surface area (Å²) in [7, 11) is 0. The van der Waals surface area contributed by atoms with Crippen LogP contribution in [0.25, 0.3) is 0 Å². The molecular formula is C16H19FN4O2. The van der Waals surface area contributed by atoms with Crippen molar-refractivity contribution in [3.8, 4) is 5.75 Å². The minimum Gasteiger partial charge on any atom is -0.505 e. The second-order valence-corrected chi connectivity index (χ2v) is 5.80. The number of aromatic hydroxyl groups is 1. The normalized spacial score (nSPS) is 15.5. The number of phenolic OH excluding ortho intramolecular Hbond substituents is 1. The lowest BCUT2D eigenvalue weighted by Gasteiger charge is -2.24. The third-order valence-corrected chi connectivity index (χ3v) is 4.23. The molecule has 2 aromatic rings. The summed E-state index contributed by atoms with van der Waals surface area (Å²) in [5.74, 6) is -0.975. The standard InChI is InChI=1S/C16H19FN4O2/c17-13-7-6-11(8-14(13)22)16(23)18-9-15-20-19-10-21(15)12-4-2-1-3-5-12/h6-8,10,12,22H,1-5,9H2,(H,18,23). The molecule has 0 aliphatic heterocycles. The number of nitrogens with zero attached hydrogens (tertiary/aromatic N) is 3. The molecule has 122 valence electrons. The Morgan fingerprint density at radius 3 is 2.87 bits per heavy atom. The molecule has 0 bridgehead atoms. The Bertz CT molecular complexity index is 695. The molecular weight excluding hydrogens is 299 g/mol. The first-order valence-corrected chi connectivity index (χ1v) is 7.80. The van der Waals surface area contributed by atoms with E-state index in [9.17, 15) is 14.3 Å². The Morgan fingerprint density at radius 2 is 2.13 bits per heavy atom. The summed E-state index contributed by atoms with van der Waals surface area (Å²) >= 11 is 0. The first kappa shape index (κ1) is 15.5. The van der Waals surface area contributed by atoms with Crippen LogP contribution >= 0.6 is 0 Å². The number of amides is 1. The van der Waals surface area contributed by atoms with Gasteiger partial charge in [-0.25, -0.2) is 4.39 Å². The van der Waals surface area contributed by atoms with Gasteiger partial charge >= 0.3 is 0 Å². The highest BCUT2D eigenvalue weighted by atomic mass is 19.1. The van der Waals surface area contributed by atoms with E-state index in [4.69, 9.17) is 0 Å². The van der Waals surface area contributed by atoms with E-state index in [1.54, 1.807) is 6.33 Å². The van der Waals surface area contributed by atoms with Crippen LogP contribution in [-0.4, -0.2) is 25.8 Å². The van der Waals surface area contributed by atoms with E-state index in [-0.39, 0.29) is 12.1 Å². The van der Waals surface area contributed by atoms with Crippen LogP contribution in [-0.2, 0) is 6.54 Å². The SMILES string of the molecule is O=C(NCc1nncn1C1CCCCC1)c1ccc(F)c(O)c1. The third kappa shape index (κ3) is 3.49. The average molecular weight is 318 g/mol. The zero-order valence-corrected chi connectivity index (χ0v) is 12.7. The van der Waals surface area contributed by atoms with Gasteiger partial charge in [0.25, 0.3) is 5.91 Å². The molecule has 2 N–H and O–H groups in total. The number of hydrogen-bond donors (Lipinski definition) is 2. The molecule has 7 heteroatoms. The summed E-state index contributed by atoms with van der Waals surface area (Å²) in [4.78, 5) is 12.1. The molecule has 1 fully saturated rings. The molecule has 1 amide bonds. The van der Waals surface area contributed by atoms with Gasteiger partial charge in [0.15, 0.2) is 17.4 Å². The first-order chi connectivity index (χ1) is 11.1. The predicted octanol–water partition coefficient (Wildman–Crippen LogP) is 2.56. The summed E-state index contributed by atoms with van der Waals surface area (Å²) in [6.07, 6.45) is 7.57. The topological polar surface area (TPSA) is 80.0 Å². The molecule has 0 saturated heterocycles. The summed E-state index contributed by atoms with van der Waals surface area (Å²) < 4.78 is 15.1. The molecule has 1 saturated carbocycles. The minimum absolute atomic E-state index is 0.202. The van der Waals surface area contributed by atoms with Gasteiger partial charge in [0.05, 0.1) is 6.54 Å². The van der Waals surface area contributed by atoms with Gasteiger partial charge in [0.2, 0.25) is 0 Å². The number of carbonyl (C=O) groups is 1. The van der Waals surface area contributed by atoms with Gasteiger partial charge in [-0.1, -0.05) is 19.3 Å². The molecule has 23 heavy (non-hydrogen) atoms. The average Bonchev–Trinajstić information content (AvgIpc) is 3.04. The van der Waals surface area contributed by atoms with Crippen LogP contribution in [0.5, 0.6) is 5.75 Å². The van der Waals surface area contributed by atoms with Crippen molar-refractivity contribution in [3.63, 3.8) is 0 Å². The molecule has 1 aliphatic carbocycles. The van der Waals surface area contributed by atoms with Gasteiger partial charge in [-0.3, -0.25) is 4.79 Å². The maximum Gasteiger partial charge on any atom is 0.251 e. The largest absolute Gasteiger partial charge is 0.505 e. The highest BCUT2D eigenvalue weighted by Crippen LogP contribution is 2.28. The van der Waals surface area contributed by atoms with E-state index in [1.165, 1.54) is 25.3 Å². The summed E-state index contributed by atoms with van der Waals surface area (Å²) in [5, 5.41) is 20.1. The third-order valence-electron chi connectivity index (χ3n) is 4.23. The van der Waals surface area contributed by atoms with E-state index in [0.717, 1.165) is 25.0 Å². The van der Waals surface area contributed by atoms with Gasteiger partial charge in [-0.15, -0.1) is 10.2 Å². The number of benzene rings is 1. The molecule has 1 heterocycles. The van der Waals surface area contributed by atoms with E-state index >= 15 is 0 Å². The molecule has 3 rings (SSSR count). The smallest absolute Gasteiger partial charge is 0.251 e. The van der Waals surface area contributed by atoms with Crippen molar-refractivity contribution >= 4 is 5.91 Å². The van der Waals surface area contributed by atoms with E-state index in [0.29, 0.717) is 11.9 Å². The maximum absolute atomic E-state index is 13.0. The second-order valence-electron chi connectivity index (χ2n) is 5.80. The Kier molecular flexibility index (Phi) is 4.55. The van der Waals surface area contributed by atoms with Crippen LogP contribution in [0.1, 0.15) is 54.3 Å². The van der Waals surface area contributed by atoms with Crippen molar-refractivity contribution in [3.05, 3.63) is 41.7 Å². The van der Waals surface area contributed by atoms with Crippen LogP contribution in [0.4, 0.5) is 4.39 Å². The van der Waals surface area contributed by atoms with Gasteiger partial charge in [0.1, 0.15) is 6.33 Å². The highest BCUT2D eigenvalue weighted by molar-refractivity contribution is 5.94. The number of aromatic nitrogens is 3. The van der Waals surface area contributed by atoms with Crippen molar-refractivity contribution in [2.24, 2.45) is 0 Å². The molecule has 0 radical (unpaired) electrons. The van der Waals surface area contributed by atoms with Crippen molar-refractivity contribution in [1.82, 2.24) is 20.1 Å². The lowest BCUT2D eigenvalue weighted by Crippen LogP contribution is -2.26. The van der Waals surface area contributed by atoms with Crippen LogP contribution in [0.2, 0.25) is 0 Å². The second kappa shape index (κ2) is 6.76. The number of hydrogen-bond acceptors (Lipinski definition) is 4. The summed E-state index contributed by atoms with van der Waals surface area (Å²) in [6.45, 7) is 0.244. The number of phenols is 1. The molecule has 6 nitrogen and oxygen atoms in total. The van der Waals surface area contributed by atoms with Crippen molar-refractivity contribution in [2.45, 2.75) is 44.7 Å². The fourth-order valence-corrected chi connectivity index (χ4v) is 2.97. The van der Waals surface area contributed by atoms with Gasteiger partial charge in [-0.2, -0.15) is 0 Å². The van der Waals surface area contributed by atoms with E-state index in [2.05, 4.69) is 15.5 Å². The number of halogens is 1. The summed E-state index contributed by atoms with van der Waals surface area (Å²) in [5.41, 5.74) is 0.202. The number of carbonyl (C=O) groups excluding carboxylic acids is 1. The quantitative estimate of drug-likeness (QED) is 0.908. The summed E-state index contributed by atoms with van der Waals surface area (Å²) in [6, 6.07) is 3.89. The van der Waals surface area contributed by atoms with Crippen molar-refractivity contribution in [2.75, 3.05) is 0 Å². The van der Waals surface area contributed by atoms with Crippen LogP contribution in [0.15, 0.2) is 24.5 Å².